The molecule has 0 unspecified atom stereocenters. The Morgan fingerprint density at radius 3 is 2.54 bits per heavy atom. The minimum Gasteiger partial charge on any atom is -0.480 e. The summed E-state index contributed by atoms with van der Waals surface area (Å²) < 4.78 is 2.56. The fourth-order valence-corrected chi connectivity index (χ4v) is 1.38. The van der Waals surface area contributed by atoms with Gasteiger partial charge in [-0.1, -0.05) is 30.3 Å². The van der Waals surface area contributed by atoms with Gasteiger partial charge in [0.25, 0.3) is 0 Å². The zero-order valence-corrected chi connectivity index (χ0v) is 8.49. The first kappa shape index (κ1) is 10.2. The molecule has 0 aliphatic heterocycles. The molecule has 1 aromatic carbocycles. The number of hydrogen-bond acceptors (Lipinski definition) is 2. The Morgan fingerprint density at radius 2 is 2.08 bits per heavy atom. The van der Waals surface area contributed by atoms with E-state index in [1.807, 2.05) is 30.3 Å². The quantitative estimate of drug-likeness (QED) is 0.790. The molecule has 0 aliphatic rings. The lowest BCUT2D eigenvalue weighted by Crippen LogP contribution is -2.32. The lowest BCUT2D eigenvalue weighted by molar-refractivity contribution is -0.138. The van der Waals surface area contributed by atoms with E-state index in [1.54, 1.807) is 0 Å². The molecule has 1 aromatic rings. The van der Waals surface area contributed by atoms with Crippen molar-refractivity contribution in [3.05, 3.63) is 35.9 Å². The molecule has 0 aromatic heterocycles. The van der Waals surface area contributed by atoms with Crippen LogP contribution < -0.4 is 4.34 Å². The molecule has 1 rings (SSSR count). The molecular weight excluding hydrogens is 234 g/mol. The van der Waals surface area contributed by atoms with Crippen molar-refractivity contribution in [3.63, 3.8) is 0 Å². The van der Waals surface area contributed by atoms with E-state index < -0.39 is 12.0 Å². The smallest absolute Gasteiger partial charge is 0.321 e. The summed E-state index contributed by atoms with van der Waals surface area (Å²) in [6.07, 6.45) is 0.474. The second-order valence-electron chi connectivity index (χ2n) is 2.69. The number of carbonyl (C=O) groups is 1. The fourth-order valence-electron chi connectivity index (χ4n) is 1.02. The van der Waals surface area contributed by atoms with E-state index in [2.05, 4.69) is 20.5 Å². The summed E-state index contributed by atoms with van der Waals surface area (Å²) in [7, 11) is 0. The Labute approximate surface area is 85.1 Å². The number of carboxylic acid groups (broad SMARTS) is 1. The van der Waals surface area contributed by atoms with Crippen molar-refractivity contribution in [1.29, 1.82) is 0 Å². The highest BCUT2D eigenvalue weighted by Gasteiger charge is 2.15. The van der Waals surface area contributed by atoms with Gasteiger partial charge in [0, 0.05) is 16.1 Å². The first-order valence-corrected chi connectivity index (χ1v) is 4.66. The highest BCUT2D eigenvalue weighted by Crippen LogP contribution is 2.03. The van der Waals surface area contributed by atoms with Gasteiger partial charge in [0.05, 0.1) is 0 Å². The van der Waals surface area contributed by atoms with Gasteiger partial charge in [0.2, 0.25) is 0 Å². The SMILES string of the molecule is O=C(O)[C@H](Cc1ccccc1)NBr. The van der Waals surface area contributed by atoms with Crippen LogP contribution in [0, 0.1) is 0 Å². The molecule has 70 valence electrons. The number of halogens is 1. The lowest BCUT2D eigenvalue weighted by Gasteiger charge is -2.08. The average Bonchev–Trinajstić information content (AvgIpc) is 2.15. The lowest BCUT2D eigenvalue weighted by atomic mass is 10.1. The van der Waals surface area contributed by atoms with Gasteiger partial charge >= 0.3 is 5.97 Å². The van der Waals surface area contributed by atoms with Gasteiger partial charge < -0.3 is 5.11 Å². The van der Waals surface area contributed by atoms with Crippen molar-refractivity contribution in [3.8, 4) is 0 Å². The standard InChI is InChI=1S/C9H10BrNO2/c10-11-8(9(12)13)6-7-4-2-1-3-5-7/h1-5,8,11H,6H2,(H,12,13)/t8-/m0/s1. The van der Waals surface area contributed by atoms with Gasteiger partial charge in [-0.05, 0) is 12.0 Å². The van der Waals surface area contributed by atoms with Crippen LogP contribution in [-0.4, -0.2) is 17.1 Å². The summed E-state index contributed by atoms with van der Waals surface area (Å²) in [4.78, 5) is 10.6. The second kappa shape index (κ2) is 4.99. The van der Waals surface area contributed by atoms with Crippen LogP contribution in [0.4, 0.5) is 0 Å². The van der Waals surface area contributed by atoms with E-state index in [0.717, 1.165) is 5.56 Å². The molecule has 0 saturated carbocycles. The van der Waals surface area contributed by atoms with Crippen LogP contribution in [0.1, 0.15) is 5.56 Å². The summed E-state index contributed by atoms with van der Waals surface area (Å²) in [5, 5.41) is 8.74. The summed E-state index contributed by atoms with van der Waals surface area (Å²) in [5.41, 5.74) is 1.00. The number of benzene rings is 1. The molecule has 3 nitrogen and oxygen atoms in total. The predicted molar refractivity (Wildman–Crippen MR) is 53.6 cm³/mol. The van der Waals surface area contributed by atoms with Crippen LogP contribution in [-0.2, 0) is 11.2 Å². The van der Waals surface area contributed by atoms with Crippen molar-refractivity contribution in [2.75, 3.05) is 0 Å². The van der Waals surface area contributed by atoms with Gasteiger partial charge in [-0.15, -0.1) is 0 Å². The van der Waals surface area contributed by atoms with Gasteiger partial charge in [-0.2, -0.15) is 0 Å². The van der Waals surface area contributed by atoms with Gasteiger partial charge in [-0.3, -0.25) is 4.79 Å². The molecule has 0 amide bonds. The van der Waals surface area contributed by atoms with Crippen LogP contribution in [0.5, 0.6) is 0 Å². The largest absolute Gasteiger partial charge is 0.480 e. The van der Waals surface area contributed by atoms with Crippen LogP contribution in [0.3, 0.4) is 0 Å². The zero-order chi connectivity index (χ0) is 9.68. The summed E-state index contributed by atoms with van der Waals surface area (Å²) >= 11 is 2.94. The van der Waals surface area contributed by atoms with Crippen LogP contribution >= 0.6 is 16.1 Å². The van der Waals surface area contributed by atoms with Crippen LogP contribution in [0.2, 0.25) is 0 Å². The molecule has 2 N–H and O–H groups in total. The first-order valence-electron chi connectivity index (χ1n) is 3.87. The second-order valence-corrected chi connectivity index (χ2v) is 3.15. The molecule has 0 bridgehead atoms. The maximum absolute atomic E-state index is 10.6. The van der Waals surface area contributed by atoms with Crippen molar-refractivity contribution in [2.45, 2.75) is 12.5 Å². The van der Waals surface area contributed by atoms with E-state index in [4.69, 9.17) is 5.11 Å². The third-order valence-corrected chi connectivity index (χ3v) is 2.27. The summed E-state index contributed by atoms with van der Waals surface area (Å²) in [6.45, 7) is 0. The Morgan fingerprint density at radius 1 is 1.46 bits per heavy atom. The monoisotopic (exact) mass is 243 g/mol. The van der Waals surface area contributed by atoms with E-state index in [1.165, 1.54) is 0 Å². The normalized spacial score (nSPS) is 12.4. The zero-order valence-electron chi connectivity index (χ0n) is 6.90. The third-order valence-electron chi connectivity index (χ3n) is 1.71. The van der Waals surface area contributed by atoms with E-state index in [0.29, 0.717) is 6.42 Å². The predicted octanol–water partition coefficient (Wildman–Crippen LogP) is 1.58. The van der Waals surface area contributed by atoms with Crippen molar-refractivity contribution in [2.24, 2.45) is 0 Å². The molecular formula is C9H10BrNO2. The Bertz CT molecular complexity index is 276. The summed E-state index contributed by atoms with van der Waals surface area (Å²) in [5.74, 6) is -0.860. The Balaban J connectivity index is 2.62. The molecule has 0 heterocycles. The maximum atomic E-state index is 10.6. The third kappa shape index (κ3) is 3.16. The minimum absolute atomic E-state index is 0.474. The number of aliphatic carboxylic acids is 1. The first-order chi connectivity index (χ1) is 6.24. The highest BCUT2D eigenvalue weighted by atomic mass is 79.9. The number of hydrogen-bond donors (Lipinski definition) is 2. The number of rotatable bonds is 4. The van der Waals surface area contributed by atoms with Gasteiger partial charge in [0.1, 0.15) is 6.04 Å². The van der Waals surface area contributed by atoms with Crippen LogP contribution in [0.15, 0.2) is 30.3 Å². The topological polar surface area (TPSA) is 49.3 Å². The summed E-state index contributed by atoms with van der Waals surface area (Å²) in [6, 6.07) is 8.91. The van der Waals surface area contributed by atoms with E-state index in [-0.39, 0.29) is 0 Å². The van der Waals surface area contributed by atoms with E-state index >= 15 is 0 Å². The number of nitrogens with one attached hydrogen (secondary N) is 1. The highest BCUT2D eigenvalue weighted by molar-refractivity contribution is 9.08. The molecule has 0 fully saturated rings. The number of carboxylic acids is 1. The molecule has 13 heavy (non-hydrogen) atoms. The van der Waals surface area contributed by atoms with Crippen molar-refractivity contribution >= 4 is 22.1 Å². The fraction of sp³-hybridized carbons (Fsp3) is 0.222. The molecule has 4 heteroatoms. The van der Waals surface area contributed by atoms with Crippen molar-refractivity contribution in [1.82, 2.24) is 4.34 Å². The maximum Gasteiger partial charge on any atom is 0.321 e. The van der Waals surface area contributed by atoms with E-state index in [9.17, 15) is 4.79 Å². The molecule has 1 atom stereocenters. The average molecular weight is 244 g/mol. The van der Waals surface area contributed by atoms with Gasteiger partial charge in [0.15, 0.2) is 0 Å². The van der Waals surface area contributed by atoms with Crippen LogP contribution in [0.25, 0.3) is 0 Å². The molecule has 0 aliphatic carbocycles. The minimum atomic E-state index is -0.860. The Hall–Kier alpha value is -0.870. The Kier molecular flexibility index (Phi) is 3.92. The molecule has 0 radical (unpaired) electrons. The van der Waals surface area contributed by atoms with Gasteiger partial charge in [-0.25, -0.2) is 4.34 Å². The van der Waals surface area contributed by atoms with Crippen molar-refractivity contribution < 1.29 is 9.90 Å². The molecule has 0 spiro atoms. The molecule has 0 saturated heterocycles.